The second kappa shape index (κ2) is 5.08. The molecule has 18 heavy (non-hydrogen) atoms. The smallest absolute Gasteiger partial charge is 0.310 e. The Morgan fingerprint density at radius 2 is 2.00 bits per heavy atom. The second-order valence-electron chi connectivity index (χ2n) is 4.67. The third kappa shape index (κ3) is 3.17. The van der Waals surface area contributed by atoms with Gasteiger partial charge in [0.05, 0.1) is 23.2 Å². The van der Waals surface area contributed by atoms with Gasteiger partial charge in [0.1, 0.15) is 0 Å². The van der Waals surface area contributed by atoms with Gasteiger partial charge in [-0.15, -0.1) is 11.8 Å². The molecule has 102 valence electrons. The molecule has 2 heterocycles. The molecule has 0 spiro atoms. The lowest BCUT2D eigenvalue weighted by Gasteiger charge is -2.36. The first-order valence-corrected chi connectivity index (χ1v) is 8.57. The first-order chi connectivity index (χ1) is 8.37. The molecule has 0 saturated carbocycles. The van der Waals surface area contributed by atoms with Crippen molar-refractivity contribution < 1.29 is 23.1 Å². The molecule has 1 amide bonds. The summed E-state index contributed by atoms with van der Waals surface area (Å²) in [5, 5.41) is 8.69. The van der Waals surface area contributed by atoms with Crippen molar-refractivity contribution >= 4 is 33.5 Å². The van der Waals surface area contributed by atoms with E-state index in [1.165, 1.54) is 16.7 Å². The van der Waals surface area contributed by atoms with Crippen LogP contribution in [0.2, 0.25) is 0 Å². The van der Waals surface area contributed by atoms with Crippen LogP contribution < -0.4 is 0 Å². The van der Waals surface area contributed by atoms with Crippen LogP contribution in [0.4, 0.5) is 0 Å². The van der Waals surface area contributed by atoms with E-state index in [4.69, 9.17) is 5.11 Å². The van der Waals surface area contributed by atoms with Crippen LogP contribution in [0.5, 0.6) is 0 Å². The number of hydrogen-bond donors (Lipinski definition) is 1. The second-order valence-corrected chi connectivity index (χ2v) is 8.19. The highest BCUT2D eigenvalue weighted by Gasteiger charge is 2.36. The topological polar surface area (TPSA) is 91.8 Å². The summed E-state index contributed by atoms with van der Waals surface area (Å²) in [5.74, 6) is -0.792. The van der Waals surface area contributed by atoms with Crippen LogP contribution in [-0.2, 0) is 19.4 Å². The molecule has 1 N–H and O–H groups in total. The summed E-state index contributed by atoms with van der Waals surface area (Å²) in [6.07, 6.45) is 0.609. The summed E-state index contributed by atoms with van der Waals surface area (Å²) in [5.41, 5.74) is 0. The summed E-state index contributed by atoms with van der Waals surface area (Å²) in [6, 6.07) is 0. The molecular weight excluding hydrogens is 278 g/mol. The Hall–Kier alpha value is -0.760. The van der Waals surface area contributed by atoms with Crippen molar-refractivity contribution in [2.75, 3.05) is 30.3 Å². The first kappa shape index (κ1) is 13.7. The zero-order chi connectivity index (χ0) is 13.3. The lowest BCUT2D eigenvalue weighted by Crippen LogP contribution is -2.53. The van der Waals surface area contributed by atoms with Crippen molar-refractivity contribution in [3.63, 3.8) is 0 Å². The molecule has 2 aliphatic rings. The number of thioether (sulfide) groups is 1. The summed E-state index contributed by atoms with van der Waals surface area (Å²) in [6.45, 7) is 0.551. The van der Waals surface area contributed by atoms with Crippen molar-refractivity contribution in [2.45, 2.75) is 11.7 Å². The summed E-state index contributed by atoms with van der Waals surface area (Å²) >= 11 is 1.36. The van der Waals surface area contributed by atoms with Gasteiger partial charge in [-0.25, -0.2) is 8.42 Å². The number of amides is 1. The number of rotatable bonds is 4. The van der Waals surface area contributed by atoms with Gasteiger partial charge in [-0.05, 0) is 6.42 Å². The minimum Gasteiger partial charge on any atom is -0.481 e. The van der Waals surface area contributed by atoms with Crippen molar-refractivity contribution in [1.82, 2.24) is 4.90 Å². The average molecular weight is 293 g/mol. The standard InChI is InChI=1S/C10H15NO5S2/c12-9(11-3-7(4-11)10(13)14)5-17-8-1-2-18(15,16)6-8/h7-8H,1-6H2,(H,13,14). The molecule has 0 aromatic heterocycles. The molecule has 8 heteroatoms. The number of sulfone groups is 1. The van der Waals surface area contributed by atoms with E-state index in [9.17, 15) is 18.0 Å². The SMILES string of the molecule is O=C(O)C1CN(C(=O)CSC2CCS(=O)(=O)C2)C1. The molecule has 0 bridgehead atoms. The maximum atomic E-state index is 11.7. The Morgan fingerprint density at radius 3 is 2.50 bits per heavy atom. The van der Waals surface area contributed by atoms with E-state index in [1.807, 2.05) is 0 Å². The summed E-state index contributed by atoms with van der Waals surface area (Å²) < 4.78 is 22.5. The number of carbonyl (C=O) groups excluding carboxylic acids is 1. The number of nitrogens with zero attached hydrogens (tertiary/aromatic N) is 1. The van der Waals surface area contributed by atoms with Crippen LogP contribution in [0.15, 0.2) is 0 Å². The quantitative estimate of drug-likeness (QED) is 0.748. The van der Waals surface area contributed by atoms with Crippen LogP contribution in [0, 0.1) is 5.92 Å². The van der Waals surface area contributed by atoms with Gasteiger partial charge in [-0.1, -0.05) is 0 Å². The number of carboxylic acid groups (broad SMARTS) is 1. The van der Waals surface area contributed by atoms with E-state index in [0.717, 1.165) is 0 Å². The minimum atomic E-state index is -2.90. The van der Waals surface area contributed by atoms with E-state index in [-0.39, 0.29) is 41.5 Å². The molecular formula is C10H15NO5S2. The minimum absolute atomic E-state index is 0.00972. The fraction of sp³-hybridized carbons (Fsp3) is 0.800. The number of hydrogen-bond acceptors (Lipinski definition) is 5. The van der Waals surface area contributed by atoms with Gasteiger partial charge in [-0.2, -0.15) is 0 Å². The predicted octanol–water partition coefficient (Wildman–Crippen LogP) is -0.550. The highest BCUT2D eigenvalue weighted by atomic mass is 32.2. The average Bonchev–Trinajstić information content (AvgIpc) is 2.52. The number of likely N-dealkylation sites (tertiary alicyclic amines) is 1. The van der Waals surface area contributed by atoms with Crippen LogP contribution in [0.1, 0.15) is 6.42 Å². The molecule has 2 aliphatic heterocycles. The Morgan fingerprint density at radius 1 is 1.33 bits per heavy atom. The number of carbonyl (C=O) groups is 2. The lowest BCUT2D eigenvalue weighted by molar-refractivity contribution is -0.151. The highest BCUT2D eigenvalue weighted by molar-refractivity contribution is 8.02. The molecule has 0 radical (unpaired) electrons. The van der Waals surface area contributed by atoms with E-state index in [2.05, 4.69) is 0 Å². The van der Waals surface area contributed by atoms with Gasteiger partial charge in [-0.3, -0.25) is 9.59 Å². The third-order valence-electron chi connectivity index (χ3n) is 3.22. The molecule has 1 unspecified atom stereocenters. The fourth-order valence-corrected chi connectivity index (χ4v) is 5.56. The Labute approximate surface area is 110 Å². The van der Waals surface area contributed by atoms with Crippen molar-refractivity contribution in [1.29, 1.82) is 0 Å². The molecule has 0 aromatic rings. The number of carboxylic acids is 1. The Bertz CT molecular complexity index is 455. The summed E-state index contributed by atoms with van der Waals surface area (Å²) in [4.78, 5) is 23.8. The highest BCUT2D eigenvalue weighted by Crippen LogP contribution is 2.25. The van der Waals surface area contributed by atoms with Gasteiger partial charge < -0.3 is 10.0 Å². The Balaban J connectivity index is 1.69. The van der Waals surface area contributed by atoms with Crippen LogP contribution in [-0.4, -0.2) is 65.9 Å². The number of aliphatic carboxylic acids is 1. The normalized spacial score (nSPS) is 26.9. The monoisotopic (exact) mass is 293 g/mol. The van der Waals surface area contributed by atoms with Gasteiger partial charge in [0.25, 0.3) is 0 Å². The maximum Gasteiger partial charge on any atom is 0.310 e. The molecule has 0 aromatic carbocycles. The van der Waals surface area contributed by atoms with Gasteiger partial charge in [0.15, 0.2) is 9.84 Å². The van der Waals surface area contributed by atoms with Crippen LogP contribution in [0.25, 0.3) is 0 Å². The van der Waals surface area contributed by atoms with E-state index in [0.29, 0.717) is 6.42 Å². The van der Waals surface area contributed by atoms with Crippen molar-refractivity contribution in [3.8, 4) is 0 Å². The molecule has 1 atom stereocenters. The Kier molecular flexibility index (Phi) is 3.86. The molecule has 6 nitrogen and oxygen atoms in total. The maximum absolute atomic E-state index is 11.7. The fourth-order valence-electron chi connectivity index (χ4n) is 2.01. The van der Waals surface area contributed by atoms with Crippen LogP contribution in [0.3, 0.4) is 0 Å². The van der Waals surface area contributed by atoms with Gasteiger partial charge in [0.2, 0.25) is 5.91 Å². The van der Waals surface area contributed by atoms with E-state index >= 15 is 0 Å². The molecule has 2 saturated heterocycles. The summed E-state index contributed by atoms with van der Waals surface area (Å²) in [7, 11) is -2.90. The molecule has 2 fully saturated rings. The zero-order valence-corrected chi connectivity index (χ0v) is 11.4. The largest absolute Gasteiger partial charge is 0.481 e. The first-order valence-electron chi connectivity index (χ1n) is 5.70. The van der Waals surface area contributed by atoms with Crippen molar-refractivity contribution in [2.24, 2.45) is 5.92 Å². The molecule has 2 rings (SSSR count). The van der Waals surface area contributed by atoms with Crippen LogP contribution >= 0.6 is 11.8 Å². The lowest BCUT2D eigenvalue weighted by atomic mass is 10.0. The zero-order valence-electron chi connectivity index (χ0n) is 9.74. The van der Waals surface area contributed by atoms with E-state index in [1.54, 1.807) is 0 Å². The van der Waals surface area contributed by atoms with Gasteiger partial charge in [0, 0.05) is 18.3 Å². The third-order valence-corrected chi connectivity index (χ3v) is 6.48. The molecule has 0 aliphatic carbocycles. The van der Waals surface area contributed by atoms with Crippen molar-refractivity contribution in [3.05, 3.63) is 0 Å². The van der Waals surface area contributed by atoms with E-state index < -0.39 is 21.7 Å². The van der Waals surface area contributed by atoms with Gasteiger partial charge >= 0.3 is 5.97 Å². The predicted molar refractivity (Wildman–Crippen MR) is 67.2 cm³/mol.